The first-order valence-corrected chi connectivity index (χ1v) is 15.1. The molecule has 0 spiro atoms. The minimum Gasteiger partial charge on any atom is -0.343 e. The van der Waals surface area contributed by atoms with E-state index < -0.39 is 0 Å². The maximum Gasteiger partial charge on any atom is 0.222 e. The summed E-state index contributed by atoms with van der Waals surface area (Å²) in [5.41, 5.74) is 5.19. The minimum atomic E-state index is 0.227. The normalized spacial score (nSPS) is 21.9. The van der Waals surface area contributed by atoms with Crippen LogP contribution in [0.15, 0.2) is 33.3 Å². The van der Waals surface area contributed by atoms with Gasteiger partial charge in [0.15, 0.2) is 0 Å². The van der Waals surface area contributed by atoms with Gasteiger partial charge in [-0.25, -0.2) is 0 Å². The van der Waals surface area contributed by atoms with Crippen LogP contribution in [-0.4, -0.2) is 40.4 Å². The van der Waals surface area contributed by atoms with Crippen molar-refractivity contribution in [2.24, 2.45) is 11.8 Å². The third-order valence-corrected chi connectivity index (χ3v) is 9.94. The molecule has 1 aromatic carbocycles. The van der Waals surface area contributed by atoms with Crippen LogP contribution in [0.2, 0.25) is 5.02 Å². The number of carbonyl (C=O) groups excluding carboxylic acids is 1. The second-order valence-electron chi connectivity index (χ2n) is 9.61. The lowest BCUT2D eigenvalue weighted by molar-refractivity contribution is -0.133. The number of rotatable bonds is 3. The van der Waals surface area contributed by atoms with Crippen LogP contribution in [-0.2, 0) is 17.6 Å². The predicted molar refractivity (Wildman–Crippen MR) is 144 cm³/mol. The summed E-state index contributed by atoms with van der Waals surface area (Å²) in [6.45, 7) is 1.71. The summed E-state index contributed by atoms with van der Waals surface area (Å²) in [4.78, 5) is 20.1. The van der Waals surface area contributed by atoms with E-state index in [9.17, 15) is 4.79 Å². The smallest absolute Gasteiger partial charge is 0.222 e. The number of thioether (sulfide) groups is 1. The lowest BCUT2D eigenvalue weighted by atomic mass is 9.76. The van der Waals surface area contributed by atoms with Crippen molar-refractivity contribution in [3.8, 4) is 0 Å². The van der Waals surface area contributed by atoms with E-state index in [1.807, 2.05) is 24.0 Å². The highest BCUT2D eigenvalue weighted by atomic mass is 79.9. The first-order chi connectivity index (χ1) is 16.0. The molecule has 0 bridgehead atoms. The minimum absolute atomic E-state index is 0.227. The summed E-state index contributed by atoms with van der Waals surface area (Å²) in [5, 5.41) is 0.779. The van der Waals surface area contributed by atoms with Crippen molar-refractivity contribution in [2.45, 2.75) is 50.9 Å². The van der Waals surface area contributed by atoms with Gasteiger partial charge in [-0.3, -0.25) is 9.78 Å². The molecule has 1 aliphatic carbocycles. The van der Waals surface area contributed by atoms with Gasteiger partial charge in [0.1, 0.15) is 0 Å². The number of aromatic nitrogens is 1. The average Bonchev–Trinajstić information content (AvgIpc) is 2.96. The zero-order valence-corrected chi connectivity index (χ0v) is 23.4. The number of piperidine rings is 1. The number of fused-ring (bicyclic) bond motifs is 2. The van der Waals surface area contributed by atoms with Crippen LogP contribution in [0.25, 0.3) is 0 Å². The van der Waals surface area contributed by atoms with Crippen LogP contribution in [0.3, 0.4) is 0 Å². The SMILES string of the molecule is O=C(CC1CCSCC1)N1CCC([C@H]2c3ncc(Br)cc3CCc3cc(Cl)cc(Br)c32)CC1. The number of likely N-dealkylation sites (tertiary alicyclic amines) is 1. The molecule has 0 saturated carbocycles. The number of aryl methyl sites for hydroxylation is 2. The lowest BCUT2D eigenvalue weighted by Crippen LogP contribution is -2.41. The van der Waals surface area contributed by atoms with Crippen molar-refractivity contribution < 1.29 is 4.79 Å². The van der Waals surface area contributed by atoms with Crippen molar-refractivity contribution in [2.75, 3.05) is 24.6 Å². The van der Waals surface area contributed by atoms with Crippen molar-refractivity contribution in [1.29, 1.82) is 0 Å². The first-order valence-electron chi connectivity index (χ1n) is 12.0. The fourth-order valence-corrected chi connectivity index (χ4v) is 8.54. The molecule has 0 radical (unpaired) electrons. The van der Waals surface area contributed by atoms with Gasteiger partial charge in [-0.1, -0.05) is 27.5 Å². The van der Waals surface area contributed by atoms with Gasteiger partial charge in [-0.05, 0) is 113 Å². The van der Waals surface area contributed by atoms with E-state index in [-0.39, 0.29) is 5.92 Å². The average molecular weight is 613 g/mol. The molecule has 2 fully saturated rings. The Bertz CT molecular complexity index is 1040. The quantitative estimate of drug-likeness (QED) is 0.366. The molecule has 2 aromatic rings. The number of carbonyl (C=O) groups is 1. The highest BCUT2D eigenvalue weighted by Crippen LogP contribution is 2.46. The largest absolute Gasteiger partial charge is 0.343 e. The van der Waals surface area contributed by atoms with E-state index in [1.54, 1.807) is 0 Å². The first kappa shape index (κ1) is 24.1. The second-order valence-corrected chi connectivity index (χ2v) is 13.0. The summed E-state index contributed by atoms with van der Waals surface area (Å²) in [6, 6.07) is 6.40. The number of amides is 1. The molecule has 176 valence electrons. The van der Waals surface area contributed by atoms with E-state index in [2.05, 4.69) is 48.9 Å². The molecule has 3 heterocycles. The molecule has 1 aromatic heterocycles. The monoisotopic (exact) mass is 610 g/mol. The molecule has 2 aliphatic heterocycles. The Hall–Kier alpha value is -0.560. The van der Waals surface area contributed by atoms with Gasteiger partial charge in [-0.2, -0.15) is 11.8 Å². The molecule has 33 heavy (non-hydrogen) atoms. The Labute approximate surface area is 222 Å². The number of nitrogens with zero attached hydrogens (tertiary/aromatic N) is 2. The van der Waals surface area contributed by atoms with E-state index in [0.717, 1.165) is 59.2 Å². The standard InChI is InChI=1S/C26H29Br2ClN2OS/c27-20-12-19-2-1-18-13-21(29)14-22(28)24(18)25(26(19)30-15-20)17-3-7-31(8-4-17)23(32)11-16-5-9-33-10-6-16/h12-17,25H,1-11H2/t25-/m1/s1. The molecule has 2 saturated heterocycles. The topological polar surface area (TPSA) is 33.2 Å². The molecule has 0 N–H and O–H groups in total. The number of benzene rings is 1. The van der Waals surface area contributed by atoms with Crippen LogP contribution < -0.4 is 0 Å². The second kappa shape index (κ2) is 10.6. The van der Waals surface area contributed by atoms with Gasteiger partial charge < -0.3 is 4.90 Å². The number of hydrogen-bond acceptors (Lipinski definition) is 3. The molecule has 3 aliphatic rings. The summed E-state index contributed by atoms with van der Waals surface area (Å²) in [6.07, 6.45) is 9.02. The van der Waals surface area contributed by atoms with E-state index >= 15 is 0 Å². The van der Waals surface area contributed by atoms with Gasteiger partial charge in [0, 0.05) is 45.6 Å². The third-order valence-electron chi connectivity index (χ3n) is 7.59. The van der Waals surface area contributed by atoms with Crippen molar-refractivity contribution in [1.82, 2.24) is 9.88 Å². The van der Waals surface area contributed by atoms with Crippen LogP contribution in [0.1, 0.15) is 60.4 Å². The lowest BCUT2D eigenvalue weighted by Gasteiger charge is -2.37. The number of hydrogen-bond donors (Lipinski definition) is 0. The Kier molecular flexibility index (Phi) is 7.75. The van der Waals surface area contributed by atoms with Crippen LogP contribution in [0.4, 0.5) is 0 Å². The maximum absolute atomic E-state index is 13.0. The van der Waals surface area contributed by atoms with Gasteiger partial charge in [0.2, 0.25) is 5.91 Å². The van der Waals surface area contributed by atoms with Gasteiger partial charge in [0.05, 0.1) is 5.69 Å². The Morgan fingerprint density at radius 3 is 2.55 bits per heavy atom. The number of halogens is 3. The van der Waals surface area contributed by atoms with Crippen molar-refractivity contribution in [3.05, 3.63) is 60.7 Å². The highest BCUT2D eigenvalue weighted by Gasteiger charge is 2.36. The number of pyridine rings is 1. The van der Waals surface area contributed by atoms with E-state index in [1.165, 1.54) is 46.7 Å². The summed E-state index contributed by atoms with van der Waals surface area (Å²) in [7, 11) is 0. The van der Waals surface area contributed by atoms with Gasteiger partial charge >= 0.3 is 0 Å². The van der Waals surface area contributed by atoms with Crippen LogP contribution in [0, 0.1) is 11.8 Å². The fourth-order valence-electron chi connectivity index (χ4n) is 5.84. The van der Waals surface area contributed by atoms with Crippen LogP contribution >= 0.6 is 55.2 Å². The van der Waals surface area contributed by atoms with E-state index in [0.29, 0.717) is 17.7 Å². The Morgan fingerprint density at radius 1 is 1.06 bits per heavy atom. The molecule has 5 rings (SSSR count). The Morgan fingerprint density at radius 2 is 1.79 bits per heavy atom. The summed E-state index contributed by atoms with van der Waals surface area (Å²) >= 11 is 15.9. The van der Waals surface area contributed by atoms with E-state index in [4.69, 9.17) is 16.6 Å². The third kappa shape index (κ3) is 5.34. The zero-order chi connectivity index (χ0) is 22.9. The Balaban J connectivity index is 1.38. The van der Waals surface area contributed by atoms with Crippen molar-refractivity contribution >= 4 is 61.1 Å². The zero-order valence-electron chi connectivity index (χ0n) is 18.7. The van der Waals surface area contributed by atoms with Gasteiger partial charge in [0.25, 0.3) is 0 Å². The van der Waals surface area contributed by atoms with Crippen molar-refractivity contribution in [3.63, 3.8) is 0 Å². The summed E-state index contributed by atoms with van der Waals surface area (Å²) in [5.74, 6) is 4.06. The molecule has 1 amide bonds. The van der Waals surface area contributed by atoms with Crippen LogP contribution in [0.5, 0.6) is 0 Å². The molecular formula is C26H29Br2ClN2OS. The molecule has 0 unspecified atom stereocenters. The van der Waals surface area contributed by atoms with Gasteiger partial charge in [-0.15, -0.1) is 0 Å². The fraction of sp³-hybridized carbons (Fsp3) is 0.538. The summed E-state index contributed by atoms with van der Waals surface area (Å²) < 4.78 is 2.12. The maximum atomic E-state index is 13.0. The molecule has 3 nitrogen and oxygen atoms in total. The predicted octanol–water partition coefficient (Wildman–Crippen LogP) is 7.26. The molecular weight excluding hydrogens is 584 g/mol. The molecule has 7 heteroatoms. The molecule has 1 atom stereocenters. The highest BCUT2D eigenvalue weighted by molar-refractivity contribution is 9.10.